The minimum absolute atomic E-state index is 0.117. The second kappa shape index (κ2) is 8.80. The molecule has 2 aromatic rings. The SMILES string of the molecule is COc1ccc(F)cc1CC1(NC(=O)c2cc(N3C[C@@H](C)O[C@@H](C)C3)ccn2)COC1. The summed E-state index contributed by atoms with van der Waals surface area (Å²) in [6.45, 7) is 6.28. The normalized spacial score (nSPS) is 22.5. The van der Waals surface area contributed by atoms with Crippen molar-refractivity contribution in [3.8, 4) is 5.75 Å². The number of methoxy groups -OCH3 is 1. The van der Waals surface area contributed by atoms with E-state index in [0.29, 0.717) is 36.6 Å². The van der Waals surface area contributed by atoms with E-state index in [1.54, 1.807) is 25.4 Å². The Kier molecular flexibility index (Phi) is 6.11. The van der Waals surface area contributed by atoms with Crippen LogP contribution in [-0.4, -0.2) is 62.1 Å². The van der Waals surface area contributed by atoms with Crippen molar-refractivity contribution in [3.05, 3.63) is 53.6 Å². The van der Waals surface area contributed by atoms with E-state index in [9.17, 15) is 9.18 Å². The number of anilines is 1. The molecule has 2 atom stereocenters. The van der Waals surface area contributed by atoms with Gasteiger partial charge in [-0.25, -0.2) is 4.39 Å². The van der Waals surface area contributed by atoms with Gasteiger partial charge in [0.1, 0.15) is 17.3 Å². The van der Waals surface area contributed by atoms with Gasteiger partial charge in [-0.2, -0.15) is 0 Å². The number of amides is 1. The molecule has 31 heavy (non-hydrogen) atoms. The minimum Gasteiger partial charge on any atom is -0.496 e. The number of ether oxygens (including phenoxy) is 3. The van der Waals surface area contributed by atoms with Gasteiger partial charge in [-0.15, -0.1) is 0 Å². The maximum atomic E-state index is 13.8. The molecule has 0 aliphatic carbocycles. The Morgan fingerprint density at radius 3 is 2.65 bits per heavy atom. The molecule has 1 N–H and O–H groups in total. The first kappa shape index (κ1) is 21.5. The van der Waals surface area contributed by atoms with Gasteiger partial charge in [0.05, 0.1) is 38.1 Å². The number of morpholine rings is 1. The number of benzene rings is 1. The zero-order chi connectivity index (χ0) is 22.0. The fraction of sp³-hybridized carbons (Fsp3) is 0.478. The molecule has 0 radical (unpaired) electrons. The summed E-state index contributed by atoms with van der Waals surface area (Å²) in [7, 11) is 1.54. The largest absolute Gasteiger partial charge is 0.496 e. The smallest absolute Gasteiger partial charge is 0.270 e. The summed E-state index contributed by atoms with van der Waals surface area (Å²) in [5, 5.41) is 3.07. The number of nitrogens with zero attached hydrogens (tertiary/aromatic N) is 2. The average Bonchev–Trinajstić information content (AvgIpc) is 2.71. The highest BCUT2D eigenvalue weighted by Gasteiger charge is 2.41. The number of pyridine rings is 1. The summed E-state index contributed by atoms with van der Waals surface area (Å²) >= 11 is 0. The Morgan fingerprint density at radius 1 is 1.26 bits per heavy atom. The summed E-state index contributed by atoms with van der Waals surface area (Å²) in [5.41, 5.74) is 1.33. The first-order chi connectivity index (χ1) is 14.9. The standard InChI is InChI=1S/C23H28FN3O4/c1-15-11-27(12-16(2)31-15)19-6-7-25-20(9-19)22(28)26-23(13-30-14-23)10-17-8-18(24)4-5-21(17)29-3/h4-9,15-16H,10-14H2,1-3H3,(H,26,28)/t15-,16+. The maximum absolute atomic E-state index is 13.8. The second-order valence-corrected chi connectivity index (χ2v) is 8.42. The molecule has 3 heterocycles. The molecular weight excluding hydrogens is 401 g/mol. The van der Waals surface area contributed by atoms with Gasteiger partial charge in [0.15, 0.2) is 0 Å². The van der Waals surface area contributed by atoms with Crippen LogP contribution in [0.4, 0.5) is 10.1 Å². The van der Waals surface area contributed by atoms with Crippen molar-refractivity contribution in [3.63, 3.8) is 0 Å². The van der Waals surface area contributed by atoms with Gasteiger partial charge in [0.2, 0.25) is 0 Å². The van der Waals surface area contributed by atoms with Gasteiger partial charge in [0, 0.05) is 31.4 Å². The van der Waals surface area contributed by atoms with Crippen molar-refractivity contribution in [2.24, 2.45) is 0 Å². The predicted octanol–water partition coefficient (Wildman–Crippen LogP) is 2.58. The van der Waals surface area contributed by atoms with E-state index in [0.717, 1.165) is 18.8 Å². The molecule has 2 aliphatic heterocycles. The Balaban J connectivity index is 1.50. The molecular formula is C23H28FN3O4. The Morgan fingerprint density at radius 2 is 2.00 bits per heavy atom. The zero-order valence-corrected chi connectivity index (χ0v) is 18.1. The van der Waals surface area contributed by atoms with Gasteiger partial charge in [-0.3, -0.25) is 9.78 Å². The lowest BCUT2D eigenvalue weighted by Gasteiger charge is -2.42. The van der Waals surface area contributed by atoms with E-state index in [2.05, 4.69) is 15.2 Å². The number of carbonyl (C=O) groups excluding carboxylic acids is 1. The van der Waals surface area contributed by atoms with Crippen molar-refractivity contribution < 1.29 is 23.4 Å². The predicted molar refractivity (Wildman–Crippen MR) is 114 cm³/mol. The van der Waals surface area contributed by atoms with Crippen molar-refractivity contribution in [2.45, 2.75) is 38.0 Å². The molecule has 2 fully saturated rings. The monoisotopic (exact) mass is 429 g/mol. The van der Waals surface area contributed by atoms with E-state index >= 15 is 0 Å². The van der Waals surface area contributed by atoms with E-state index in [1.165, 1.54) is 12.1 Å². The number of rotatable bonds is 6. The average molecular weight is 429 g/mol. The number of aromatic nitrogens is 1. The van der Waals surface area contributed by atoms with Crippen LogP contribution in [0.15, 0.2) is 36.5 Å². The number of hydrogen-bond donors (Lipinski definition) is 1. The number of nitrogens with one attached hydrogen (secondary N) is 1. The summed E-state index contributed by atoms with van der Waals surface area (Å²) in [6.07, 6.45) is 2.28. The highest BCUT2D eigenvalue weighted by atomic mass is 19.1. The van der Waals surface area contributed by atoms with Crippen LogP contribution in [0.3, 0.4) is 0 Å². The Labute approximate surface area is 181 Å². The van der Waals surface area contributed by atoms with E-state index < -0.39 is 5.54 Å². The van der Waals surface area contributed by atoms with Crippen LogP contribution >= 0.6 is 0 Å². The number of hydrogen-bond acceptors (Lipinski definition) is 6. The molecule has 0 bridgehead atoms. The van der Waals surface area contributed by atoms with Crippen LogP contribution in [-0.2, 0) is 15.9 Å². The topological polar surface area (TPSA) is 72.9 Å². The highest BCUT2D eigenvalue weighted by molar-refractivity contribution is 5.93. The molecule has 7 nitrogen and oxygen atoms in total. The van der Waals surface area contributed by atoms with Crippen molar-refractivity contribution in [1.82, 2.24) is 10.3 Å². The van der Waals surface area contributed by atoms with Gasteiger partial charge in [0.25, 0.3) is 5.91 Å². The molecule has 2 aliphatic rings. The van der Waals surface area contributed by atoms with Crippen LogP contribution in [0.1, 0.15) is 29.9 Å². The first-order valence-corrected chi connectivity index (χ1v) is 10.5. The molecule has 8 heteroatoms. The summed E-state index contributed by atoms with van der Waals surface area (Å²) in [5.74, 6) is -0.0478. The highest BCUT2D eigenvalue weighted by Crippen LogP contribution is 2.29. The van der Waals surface area contributed by atoms with Crippen LogP contribution in [0.5, 0.6) is 5.75 Å². The molecule has 0 spiro atoms. The molecule has 166 valence electrons. The quantitative estimate of drug-likeness (QED) is 0.761. The van der Waals surface area contributed by atoms with Gasteiger partial charge < -0.3 is 24.4 Å². The zero-order valence-electron chi connectivity index (χ0n) is 18.1. The Bertz CT molecular complexity index is 940. The molecule has 1 aromatic carbocycles. The lowest BCUT2D eigenvalue weighted by Crippen LogP contribution is -2.63. The fourth-order valence-electron chi connectivity index (χ4n) is 4.25. The van der Waals surface area contributed by atoms with Gasteiger partial charge in [-0.1, -0.05) is 0 Å². The minimum atomic E-state index is -0.627. The molecule has 0 unspecified atom stereocenters. The van der Waals surface area contributed by atoms with E-state index in [1.807, 2.05) is 19.9 Å². The fourth-order valence-corrected chi connectivity index (χ4v) is 4.25. The molecule has 1 aromatic heterocycles. The van der Waals surface area contributed by atoms with Crippen LogP contribution < -0.4 is 15.0 Å². The van der Waals surface area contributed by atoms with Crippen LogP contribution in [0.2, 0.25) is 0 Å². The van der Waals surface area contributed by atoms with Gasteiger partial charge in [-0.05, 0) is 49.7 Å². The maximum Gasteiger partial charge on any atom is 0.270 e. The van der Waals surface area contributed by atoms with E-state index in [-0.39, 0.29) is 23.9 Å². The first-order valence-electron chi connectivity index (χ1n) is 10.5. The van der Waals surface area contributed by atoms with Crippen LogP contribution in [0.25, 0.3) is 0 Å². The number of halogens is 1. The Hall–Kier alpha value is -2.71. The van der Waals surface area contributed by atoms with Crippen molar-refractivity contribution >= 4 is 11.6 Å². The molecule has 4 rings (SSSR count). The third kappa shape index (κ3) is 4.80. The lowest BCUT2D eigenvalue weighted by molar-refractivity contribution is -0.0692. The summed E-state index contributed by atoms with van der Waals surface area (Å²) in [6, 6.07) is 8.09. The lowest BCUT2D eigenvalue weighted by atomic mass is 9.88. The number of carbonyl (C=O) groups is 1. The van der Waals surface area contributed by atoms with Crippen molar-refractivity contribution in [1.29, 1.82) is 0 Å². The van der Waals surface area contributed by atoms with Crippen molar-refractivity contribution in [2.75, 3.05) is 38.3 Å². The summed E-state index contributed by atoms with van der Waals surface area (Å²) < 4.78 is 30.3. The summed E-state index contributed by atoms with van der Waals surface area (Å²) in [4.78, 5) is 19.5. The van der Waals surface area contributed by atoms with Gasteiger partial charge >= 0.3 is 0 Å². The molecule has 0 saturated carbocycles. The third-order valence-electron chi connectivity index (χ3n) is 5.67. The molecule has 1 amide bonds. The van der Waals surface area contributed by atoms with E-state index in [4.69, 9.17) is 14.2 Å². The third-order valence-corrected chi connectivity index (χ3v) is 5.67. The second-order valence-electron chi connectivity index (χ2n) is 8.42. The van der Waals surface area contributed by atoms with Crippen LogP contribution in [0, 0.1) is 5.82 Å². The molecule has 2 saturated heterocycles.